The Labute approximate surface area is 104 Å². The monoisotopic (exact) mass is 247 g/mol. The lowest BCUT2D eigenvalue weighted by Crippen LogP contribution is -1.99. The first-order chi connectivity index (χ1) is 8.72. The van der Waals surface area contributed by atoms with Crippen molar-refractivity contribution < 1.29 is 18.8 Å². The Balaban J connectivity index is 2.11. The molecule has 0 bridgehead atoms. The van der Waals surface area contributed by atoms with E-state index >= 15 is 0 Å². The number of ether oxygens (including phenoxy) is 2. The van der Waals surface area contributed by atoms with Gasteiger partial charge in [0.1, 0.15) is 29.6 Å². The highest BCUT2D eigenvalue weighted by Gasteiger charge is 2.07. The second-order valence-electron chi connectivity index (χ2n) is 3.74. The summed E-state index contributed by atoms with van der Waals surface area (Å²) < 4.78 is 15.5. The van der Waals surface area contributed by atoms with Crippen LogP contribution in [-0.2, 0) is 6.61 Å². The highest BCUT2D eigenvalue weighted by molar-refractivity contribution is 5.80. The molecule has 0 radical (unpaired) electrons. The zero-order valence-corrected chi connectivity index (χ0v) is 10.2. The number of benzene rings is 1. The van der Waals surface area contributed by atoms with Crippen molar-refractivity contribution in [1.82, 2.24) is 5.16 Å². The van der Waals surface area contributed by atoms with Crippen LogP contribution in [0.25, 0.3) is 0 Å². The van der Waals surface area contributed by atoms with Gasteiger partial charge in [-0.05, 0) is 25.1 Å². The maximum Gasteiger partial charge on any atom is 0.153 e. The summed E-state index contributed by atoms with van der Waals surface area (Å²) >= 11 is 0. The first-order valence-corrected chi connectivity index (χ1v) is 5.41. The van der Waals surface area contributed by atoms with Gasteiger partial charge in [0.05, 0.1) is 12.7 Å². The zero-order chi connectivity index (χ0) is 13.0. The summed E-state index contributed by atoms with van der Waals surface area (Å²) in [6.07, 6.45) is 0.728. The number of aldehydes is 1. The summed E-state index contributed by atoms with van der Waals surface area (Å²) in [5.74, 6) is 1.83. The molecule has 5 heteroatoms. The Bertz CT molecular complexity index is 548. The van der Waals surface area contributed by atoms with E-state index < -0.39 is 0 Å². The summed E-state index contributed by atoms with van der Waals surface area (Å²) in [6, 6.07) is 6.83. The van der Waals surface area contributed by atoms with Crippen molar-refractivity contribution in [2.75, 3.05) is 7.11 Å². The van der Waals surface area contributed by atoms with Gasteiger partial charge in [-0.2, -0.15) is 0 Å². The Kier molecular flexibility index (Phi) is 3.62. The van der Waals surface area contributed by atoms with E-state index in [9.17, 15) is 4.79 Å². The third kappa shape index (κ3) is 2.68. The van der Waals surface area contributed by atoms with Gasteiger partial charge in [-0.25, -0.2) is 0 Å². The fraction of sp³-hybridized carbons (Fsp3) is 0.231. The van der Waals surface area contributed by atoms with Gasteiger partial charge in [-0.15, -0.1) is 0 Å². The molecule has 0 amide bonds. The van der Waals surface area contributed by atoms with Gasteiger partial charge in [0.25, 0.3) is 0 Å². The summed E-state index contributed by atoms with van der Waals surface area (Å²) in [6.45, 7) is 2.06. The largest absolute Gasteiger partial charge is 0.497 e. The van der Waals surface area contributed by atoms with Gasteiger partial charge in [0, 0.05) is 6.07 Å². The number of aryl methyl sites for hydroxylation is 1. The van der Waals surface area contributed by atoms with Gasteiger partial charge in [0.15, 0.2) is 6.29 Å². The minimum Gasteiger partial charge on any atom is -0.497 e. The molecular formula is C13H13NO4. The average Bonchev–Trinajstić information content (AvgIpc) is 2.82. The minimum atomic E-state index is 0.254. The van der Waals surface area contributed by atoms with Crippen molar-refractivity contribution >= 4 is 6.29 Å². The maximum absolute atomic E-state index is 10.9. The normalized spacial score (nSPS) is 10.1. The lowest BCUT2D eigenvalue weighted by Gasteiger charge is -2.08. The first kappa shape index (κ1) is 12.2. The third-order valence-electron chi connectivity index (χ3n) is 2.40. The number of aromatic nitrogens is 1. The third-order valence-corrected chi connectivity index (χ3v) is 2.40. The molecule has 2 rings (SSSR count). The number of nitrogens with zero attached hydrogens (tertiary/aromatic N) is 1. The molecule has 0 saturated carbocycles. The van der Waals surface area contributed by atoms with Crippen LogP contribution in [0.4, 0.5) is 0 Å². The lowest BCUT2D eigenvalue weighted by atomic mass is 10.2. The van der Waals surface area contributed by atoms with Crippen LogP contribution in [0.5, 0.6) is 11.5 Å². The maximum atomic E-state index is 10.9. The van der Waals surface area contributed by atoms with E-state index in [0.717, 1.165) is 12.0 Å². The van der Waals surface area contributed by atoms with Crippen LogP contribution in [0.3, 0.4) is 0 Å². The molecule has 0 unspecified atom stereocenters. The quantitative estimate of drug-likeness (QED) is 0.759. The first-order valence-electron chi connectivity index (χ1n) is 5.41. The van der Waals surface area contributed by atoms with Crippen molar-refractivity contribution in [3.63, 3.8) is 0 Å². The van der Waals surface area contributed by atoms with Gasteiger partial charge in [-0.3, -0.25) is 4.79 Å². The highest BCUT2D eigenvalue weighted by atomic mass is 16.5. The number of methoxy groups -OCH3 is 1. The Morgan fingerprint density at radius 3 is 2.83 bits per heavy atom. The summed E-state index contributed by atoms with van der Waals surface area (Å²) in [7, 11) is 1.54. The summed E-state index contributed by atoms with van der Waals surface area (Å²) in [4.78, 5) is 10.9. The summed E-state index contributed by atoms with van der Waals surface area (Å²) in [5, 5.41) is 3.81. The molecule has 0 aliphatic heterocycles. The Morgan fingerprint density at radius 2 is 2.22 bits per heavy atom. The van der Waals surface area contributed by atoms with Crippen LogP contribution in [0.1, 0.15) is 21.8 Å². The number of rotatable bonds is 5. The lowest BCUT2D eigenvalue weighted by molar-refractivity contribution is 0.111. The van der Waals surface area contributed by atoms with E-state index in [-0.39, 0.29) is 6.61 Å². The van der Waals surface area contributed by atoms with Crippen molar-refractivity contribution in [2.45, 2.75) is 13.5 Å². The van der Waals surface area contributed by atoms with Crippen molar-refractivity contribution in [3.8, 4) is 11.5 Å². The van der Waals surface area contributed by atoms with Crippen LogP contribution < -0.4 is 9.47 Å². The van der Waals surface area contributed by atoms with Gasteiger partial charge in [0.2, 0.25) is 0 Å². The zero-order valence-electron chi connectivity index (χ0n) is 10.2. The fourth-order valence-electron chi connectivity index (χ4n) is 1.51. The SMILES string of the molecule is COc1ccc(OCc2cc(C)on2)c(C=O)c1. The van der Waals surface area contributed by atoms with E-state index in [2.05, 4.69) is 5.16 Å². The smallest absolute Gasteiger partial charge is 0.153 e. The fourth-order valence-corrected chi connectivity index (χ4v) is 1.51. The van der Waals surface area contributed by atoms with Gasteiger partial charge in [-0.1, -0.05) is 5.16 Å². The molecule has 0 spiro atoms. The molecular weight excluding hydrogens is 234 g/mol. The van der Waals surface area contributed by atoms with Crippen LogP contribution in [0.2, 0.25) is 0 Å². The van der Waals surface area contributed by atoms with Crippen LogP contribution in [0.15, 0.2) is 28.8 Å². The van der Waals surface area contributed by atoms with Crippen LogP contribution in [-0.4, -0.2) is 18.6 Å². The second-order valence-corrected chi connectivity index (χ2v) is 3.74. The molecule has 94 valence electrons. The molecule has 1 aromatic carbocycles. The molecule has 1 aromatic heterocycles. The molecule has 0 fully saturated rings. The molecule has 0 atom stereocenters. The number of carbonyl (C=O) groups is 1. The highest BCUT2D eigenvalue weighted by Crippen LogP contribution is 2.23. The Morgan fingerprint density at radius 1 is 1.39 bits per heavy atom. The van der Waals surface area contributed by atoms with E-state index in [4.69, 9.17) is 14.0 Å². The molecule has 18 heavy (non-hydrogen) atoms. The minimum absolute atomic E-state index is 0.254. The summed E-state index contributed by atoms with van der Waals surface area (Å²) in [5.41, 5.74) is 1.12. The molecule has 5 nitrogen and oxygen atoms in total. The van der Waals surface area contributed by atoms with Crippen LogP contribution in [0, 0.1) is 6.92 Å². The van der Waals surface area contributed by atoms with Crippen molar-refractivity contribution in [1.29, 1.82) is 0 Å². The van der Waals surface area contributed by atoms with Gasteiger partial charge < -0.3 is 14.0 Å². The topological polar surface area (TPSA) is 61.6 Å². The average molecular weight is 247 g/mol. The molecule has 0 N–H and O–H groups in total. The molecule has 2 aromatic rings. The molecule has 1 heterocycles. The van der Waals surface area contributed by atoms with E-state index in [1.165, 1.54) is 0 Å². The van der Waals surface area contributed by atoms with E-state index in [1.807, 2.05) is 0 Å². The van der Waals surface area contributed by atoms with Crippen molar-refractivity contribution in [2.24, 2.45) is 0 Å². The number of carbonyl (C=O) groups excluding carboxylic acids is 1. The molecule has 0 aliphatic carbocycles. The van der Waals surface area contributed by atoms with E-state index in [0.29, 0.717) is 22.8 Å². The Hall–Kier alpha value is -2.30. The second kappa shape index (κ2) is 5.35. The molecule has 0 saturated heterocycles. The molecule has 0 aliphatic rings. The van der Waals surface area contributed by atoms with Gasteiger partial charge >= 0.3 is 0 Å². The van der Waals surface area contributed by atoms with Crippen LogP contribution >= 0.6 is 0 Å². The van der Waals surface area contributed by atoms with E-state index in [1.54, 1.807) is 38.3 Å². The predicted molar refractivity (Wildman–Crippen MR) is 64.0 cm³/mol. The number of hydrogen-bond donors (Lipinski definition) is 0. The van der Waals surface area contributed by atoms with Crippen molar-refractivity contribution in [3.05, 3.63) is 41.3 Å². The number of hydrogen-bond acceptors (Lipinski definition) is 5. The standard InChI is InChI=1S/C13H13NO4/c1-9-5-11(14-18-9)8-17-13-4-3-12(16-2)6-10(13)7-15/h3-7H,8H2,1-2H3. The predicted octanol–water partition coefficient (Wildman–Crippen LogP) is 2.38.